The van der Waals surface area contributed by atoms with Crippen LogP contribution in [-0.2, 0) is 6.54 Å². The van der Waals surface area contributed by atoms with Gasteiger partial charge in [0, 0.05) is 23.6 Å². The van der Waals surface area contributed by atoms with Crippen LogP contribution in [0.1, 0.15) is 5.56 Å². The summed E-state index contributed by atoms with van der Waals surface area (Å²) in [6.07, 6.45) is 0. The molecule has 0 unspecified atom stereocenters. The van der Waals surface area contributed by atoms with Crippen LogP contribution >= 0.6 is 12.6 Å². The number of nitro benzene ring substituents is 1. The molecule has 1 rings (SSSR count). The third-order valence-electron chi connectivity index (χ3n) is 1.49. The Morgan fingerprint density at radius 2 is 2.25 bits per heavy atom. The Balaban J connectivity index is 3.13. The number of nitrogens with zero attached hydrogens (tertiary/aromatic N) is 1. The summed E-state index contributed by atoms with van der Waals surface area (Å²) in [5.41, 5.74) is 6.09. The normalized spacial score (nSPS) is 9.83. The topological polar surface area (TPSA) is 69.2 Å². The van der Waals surface area contributed by atoms with Gasteiger partial charge in [-0.15, -0.1) is 12.6 Å². The number of thiol groups is 1. The summed E-state index contributed by atoms with van der Waals surface area (Å²) >= 11 is 4.09. The van der Waals surface area contributed by atoms with Crippen LogP contribution in [0.25, 0.3) is 0 Å². The third-order valence-corrected chi connectivity index (χ3v) is 1.93. The molecule has 0 heterocycles. The zero-order valence-corrected chi connectivity index (χ0v) is 7.12. The molecule has 0 radical (unpaired) electrons. The summed E-state index contributed by atoms with van der Waals surface area (Å²) in [5.74, 6) is 0. The Morgan fingerprint density at radius 3 is 2.75 bits per heavy atom. The maximum atomic E-state index is 10.3. The number of nitrogens with two attached hydrogens (primary N) is 1. The molecule has 0 aromatic heterocycles. The lowest BCUT2D eigenvalue weighted by atomic mass is 10.2. The van der Waals surface area contributed by atoms with Gasteiger partial charge in [-0.05, 0) is 11.6 Å². The van der Waals surface area contributed by atoms with Gasteiger partial charge in [0.05, 0.1) is 4.92 Å². The number of nitro groups is 1. The van der Waals surface area contributed by atoms with E-state index in [-0.39, 0.29) is 12.2 Å². The van der Waals surface area contributed by atoms with Crippen LogP contribution in [0.5, 0.6) is 0 Å². The lowest BCUT2D eigenvalue weighted by Gasteiger charge is -1.99. The van der Waals surface area contributed by atoms with Gasteiger partial charge in [-0.2, -0.15) is 0 Å². The lowest BCUT2D eigenvalue weighted by Crippen LogP contribution is -1.98. The number of benzene rings is 1. The summed E-state index contributed by atoms with van der Waals surface area (Å²) in [5, 5.41) is 10.3. The molecule has 0 saturated carbocycles. The van der Waals surface area contributed by atoms with Crippen molar-refractivity contribution in [2.45, 2.75) is 11.4 Å². The molecule has 0 fully saturated rings. The van der Waals surface area contributed by atoms with E-state index in [1.807, 2.05) is 0 Å². The van der Waals surface area contributed by atoms with Gasteiger partial charge in [0.2, 0.25) is 0 Å². The molecule has 0 aliphatic carbocycles. The second kappa shape index (κ2) is 3.55. The van der Waals surface area contributed by atoms with E-state index in [0.717, 1.165) is 0 Å². The second-order valence-corrected chi connectivity index (χ2v) is 2.76. The molecule has 64 valence electrons. The summed E-state index contributed by atoms with van der Waals surface area (Å²) in [4.78, 5) is 10.6. The molecule has 0 aliphatic heterocycles. The SMILES string of the molecule is NCc1cc([N+](=O)[O-])ccc1S. The first-order chi connectivity index (χ1) is 5.65. The van der Waals surface area contributed by atoms with E-state index in [4.69, 9.17) is 5.73 Å². The Bertz CT molecular complexity index is 314. The highest BCUT2D eigenvalue weighted by Gasteiger charge is 2.07. The molecule has 2 N–H and O–H groups in total. The van der Waals surface area contributed by atoms with Crippen molar-refractivity contribution in [3.05, 3.63) is 33.9 Å². The van der Waals surface area contributed by atoms with E-state index in [2.05, 4.69) is 12.6 Å². The van der Waals surface area contributed by atoms with Gasteiger partial charge < -0.3 is 5.73 Å². The largest absolute Gasteiger partial charge is 0.326 e. The highest BCUT2D eigenvalue weighted by molar-refractivity contribution is 7.80. The fraction of sp³-hybridized carbons (Fsp3) is 0.143. The van der Waals surface area contributed by atoms with Crippen molar-refractivity contribution in [1.29, 1.82) is 0 Å². The highest BCUT2D eigenvalue weighted by atomic mass is 32.1. The molecule has 5 heteroatoms. The van der Waals surface area contributed by atoms with Crippen LogP contribution in [0.15, 0.2) is 23.1 Å². The van der Waals surface area contributed by atoms with E-state index >= 15 is 0 Å². The second-order valence-electron chi connectivity index (χ2n) is 2.27. The van der Waals surface area contributed by atoms with E-state index in [0.29, 0.717) is 10.5 Å². The summed E-state index contributed by atoms with van der Waals surface area (Å²) in [7, 11) is 0. The number of hydrogen-bond donors (Lipinski definition) is 2. The Hall–Kier alpha value is -1.07. The minimum Gasteiger partial charge on any atom is -0.326 e. The van der Waals surface area contributed by atoms with E-state index < -0.39 is 4.92 Å². The smallest absolute Gasteiger partial charge is 0.269 e. The average Bonchev–Trinajstić information content (AvgIpc) is 2.05. The summed E-state index contributed by atoms with van der Waals surface area (Å²) in [6.45, 7) is 0.264. The Kier molecular flexibility index (Phi) is 2.67. The Labute approximate surface area is 74.9 Å². The van der Waals surface area contributed by atoms with Crippen molar-refractivity contribution >= 4 is 18.3 Å². The van der Waals surface area contributed by atoms with Gasteiger partial charge in [0.15, 0.2) is 0 Å². The van der Waals surface area contributed by atoms with Crippen LogP contribution in [0.4, 0.5) is 5.69 Å². The van der Waals surface area contributed by atoms with Crippen molar-refractivity contribution in [1.82, 2.24) is 0 Å². The van der Waals surface area contributed by atoms with Gasteiger partial charge >= 0.3 is 0 Å². The molecule has 1 aromatic rings. The van der Waals surface area contributed by atoms with Gasteiger partial charge in [0.1, 0.15) is 0 Å². The van der Waals surface area contributed by atoms with E-state index in [1.165, 1.54) is 12.1 Å². The molecular formula is C7H8N2O2S. The van der Waals surface area contributed by atoms with Crippen LogP contribution in [0.2, 0.25) is 0 Å². The molecule has 0 spiro atoms. The first kappa shape index (κ1) is 9.02. The fourth-order valence-electron chi connectivity index (χ4n) is 0.849. The van der Waals surface area contributed by atoms with Gasteiger partial charge in [-0.1, -0.05) is 0 Å². The monoisotopic (exact) mass is 184 g/mol. The van der Waals surface area contributed by atoms with Crippen LogP contribution in [0, 0.1) is 10.1 Å². The van der Waals surface area contributed by atoms with Crippen molar-refractivity contribution in [2.24, 2.45) is 5.73 Å². The molecule has 1 aromatic carbocycles. The molecule has 12 heavy (non-hydrogen) atoms. The summed E-state index contributed by atoms with van der Waals surface area (Å²) in [6, 6.07) is 4.41. The molecular weight excluding hydrogens is 176 g/mol. The molecule has 0 saturated heterocycles. The van der Waals surface area contributed by atoms with Gasteiger partial charge in [0.25, 0.3) is 5.69 Å². The van der Waals surface area contributed by atoms with Crippen molar-refractivity contribution in [3.63, 3.8) is 0 Å². The molecule has 0 bridgehead atoms. The first-order valence-electron chi connectivity index (χ1n) is 3.31. The first-order valence-corrected chi connectivity index (χ1v) is 3.76. The van der Waals surface area contributed by atoms with Crippen LogP contribution in [-0.4, -0.2) is 4.92 Å². The lowest BCUT2D eigenvalue weighted by molar-refractivity contribution is -0.385. The highest BCUT2D eigenvalue weighted by Crippen LogP contribution is 2.19. The summed E-state index contributed by atoms with van der Waals surface area (Å²) < 4.78 is 0. The maximum Gasteiger partial charge on any atom is 0.269 e. The maximum absolute atomic E-state index is 10.3. The molecule has 4 nitrogen and oxygen atoms in total. The molecule has 0 amide bonds. The van der Waals surface area contributed by atoms with E-state index in [9.17, 15) is 10.1 Å². The predicted octanol–water partition coefficient (Wildman–Crippen LogP) is 1.34. The number of hydrogen-bond acceptors (Lipinski definition) is 4. The van der Waals surface area contributed by atoms with Crippen molar-refractivity contribution in [3.8, 4) is 0 Å². The number of rotatable bonds is 2. The van der Waals surface area contributed by atoms with Gasteiger partial charge in [-0.3, -0.25) is 10.1 Å². The minimum atomic E-state index is -0.452. The van der Waals surface area contributed by atoms with Gasteiger partial charge in [-0.25, -0.2) is 0 Å². The number of non-ortho nitro benzene ring substituents is 1. The zero-order valence-electron chi connectivity index (χ0n) is 6.23. The fourth-order valence-corrected chi connectivity index (χ4v) is 1.08. The zero-order chi connectivity index (χ0) is 9.14. The van der Waals surface area contributed by atoms with Crippen LogP contribution in [0.3, 0.4) is 0 Å². The standard InChI is InChI=1S/C7H8N2O2S/c8-4-5-3-6(9(10)11)1-2-7(5)12/h1-3,12H,4,8H2. The third kappa shape index (κ3) is 1.75. The van der Waals surface area contributed by atoms with E-state index in [1.54, 1.807) is 6.07 Å². The molecule has 0 aliphatic rings. The average molecular weight is 184 g/mol. The van der Waals surface area contributed by atoms with Crippen LogP contribution < -0.4 is 5.73 Å². The van der Waals surface area contributed by atoms with Crippen molar-refractivity contribution < 1.29 is 4.92 Å². The minimum absolute atomic E-state index is 0.0493. The quantitative estimate of drug-likeness (QED) is 0.414. The van der Waals surface area contributed by atoms with Crippen molar-refractivity contribution in [2.75, 3.05) is 0 Å². The predicted molar refractivity (Wildman–Crippen MR) is 48.2 cm³/mol. The molecule has 0 atom stereocenters. The Morgan fingerprint density at radius 1 is 1.58 bits per heavy atom.